The summed E-state index contributed by atoms with van der Waals surface area (Å²) in [7, 11) is 3.88. The number of rotatable bonds is 4. The van der Waals surface area contributed by atoms with E-state index in [1.807, 2.05) is 31.1 Å². The summed E-state index contributed by atoms with van der Waals surface area (Å²) in [5.74, 6) is 0.568. The third kappa shape index (κ3) is 4.12. The molecule has 2 rings (SSSR count). The largest absolute Gasteiger partial charge is 0.376 e. The van der Waals surface area contributed by atoms with Crippen LogP contribution in [0.5, 0.6) is 0 Å². The number of hydrogen-bond donors (Lipinski definition) is 2. The Labute approximate surface area is 125 Å². The predicted molar refractivity (Wildman–Crippen MR) is 84.6 cm³/mol. The van der Waals surface area contributed by atoms with Crippen LogP contribution < -0.4 is 15.5 Å². The van der Waals surface area contributed by atoms with Crippen molar-refractivity contribution in [1.82, 2.24) is 5.32 Å². The third-order valence-electron chi connectivity index (χ3n) is 3.65. The molecule has 0 atom stereocenters. The summed E-state index contributed by atoms with van der Waals surface area (Å²) in [6.07, 6.45) is 2.75. The minimum Gasteiger partial charge on any atom is -0.376 e. The van der Waals surface area contributed by atoms with Gasteiger partial charge in [-0.2, -0.15) is 0 Å². The second-order valence-corrected chi connectivity index (χ2v) is 5.91. The number of benzene rings is 1. The Morgan fingerprint density at radius 2 is 2.10 bits per heavy atom. The van der Waals surface area contributed by atoms with Gasteiger partial charge in [0.05, 0.1) is 10.7 Å². The molecule has 0 radical (unpaired) electrons. The molecule has 1 fully saturated rings. The summed E-state index contributed by atoms with van der Waals surface area (Å²) >= 11 is 6.20. The van der Waals surface area contributed by atoms with E-state index in [0.717, 1.165) is 37.3 Å². The number of carbonyl (C=O) groups is 1. The van der Waals surface area contributed by atoms with Gasteiger partial charge in [0.15, 0.2) is 0 Å². The summed E-state index contributed by atoms with van der Waals surface area (Å²) < 4.78 is 0. The van der Waals surface area contributed by atoms with Gasteiger partial charge in [0.2, 0.25) is 5.91 Å². The lowest BCUT2D eigenvalue weighted by molar-refractivity contribution is -0.117. The number of nitrogens with zero attached hydrogens (tertiary/aromatic N) is 1. The van der Waals surface area contributed by atoms with Crippen molar-refractivity contribution < 1.29 is 4.79 Å². The van der Waals surface area contributed by atoms with Gasteiger partial charge in [0, 0.05) is 26.2 Å². The van der Waals surface area contributed by atoms with Crippen molar-refractivity contribution in [2.24, 2.45) is 5.92 Å². The van der Waals surface area contributed by atoms with Gasteiger partial charge in [0.1, 0.15) is 0 Å². The number of piperidine rings is 1. The lowest BCUT2D eigenvalue weighted by atomic mass is 9.94. The summed E-state index contributed by atoms with van der Waals surface area (Å²) in [5, 5.41) is 6.89. The van der Waals surface area contributed by atoms with Gasteiger partial charge >= 0.3 is 0 Å². The number of nitrogens with one attached hydrogen (secondary N) is 2. The SMILES string of the molecule is CN(C)c1ccc(NC(=O)CC2CCNCC2)cc1Cl. The Bertz CT molecular complexity index is 470. The highest BCUT2D eigenvalue weighted by atomic mass is 35.5. The first-order valence-corrected chi connectivity index (χ1v) is 7.41. The average Bonchev–Trinajstić information content (AvgIpc) is 2.39. The molecule has 0 bridgehead atoms. The van der Waals surface area contributed by atoms with E-state index in [0.29, 0.717) is 17.4 Å². The molecule has 4 nitrogen and oxygen atoms in total. The van der Waals surface area contributed by atoms with Crippen LogP contribution in [0.4, 0.5) is 11.4 Å². The van der Waals surface area contributed by atoms with Crippen LogP contribution in [-0.2, 0) is 4.79 Å². The van der Waals surface area contributed by atoms with Crippen molar-refractivity contribution in [3.05, 3.63) is 23.2 Å². The Morgan fingerprint density at radius 3 is 2.70 bits per heavy atom. The first kappa shape index (κ1) is 15.1. The zero-order valence-corrected chi connectivity index (χ0v) is 12.8. The van der Waals surface area contributed by atoms with Gasteiger partial charge < -0.3 is 15.5 Å². The predicted octanol–water partition coefficient (Wildman–Crippen LogP) is 2.73. The first-order chi connectivity index (χ1) is 9.56. The zero-order valence-electron chi connectivity index (χ0n) is 12.1. The molecule has 1 amide bonds. The fraction of sp³-hybridized carbons (Fsp3) is 0.533. The number of hydrogen-bond acceptors (Lipinski definition) is 3. The fourth-order valence-electron chi connectivity index (χ4n) is 2.51. The Balaban J connectivity index is 1.92. The van der Waals surface area contributed by atoms with E-state index in [4.69, 9.17) is 11.6 Å². The maximum Gasteiger partial charge on any atom is 0.224 e. The highest BCUT2D eigenvalue weighted by Crippen LogP contribution is 2.27. The van der Waals surface area contributed by atoms with Crippen molar-refractivity contribution in [3.63, 3.8) is 0 Å². The number of carbonyl (C=O) groups excluding carboxylic acids is 1. The second kappa shape index (κ2) is 6.95. The molecule has 110 valence electrons. The summed E-state index contributed by atoms with van der Waals surface area (Å²) in [4.78, 5) is 14.0. The Kier molecular flexibility index (Phi) is 5.26. The number of halogens is 1. The molecule has 0 saturated carbocycles. The minimum absolute atomic E-state index is 0.0746. The van der Waals surface area contributed by atoms with E-state index in [-0.39, 0.29) is 5.91 Å². The van der Waals surface area contributed by atoms with Gasteiger partial charge in [-0.05, 0) is 50.0 Å². The molecule has 0 unspecified atom stereocenters. The fourth-order valence-corrected chi connectivity index (χ4v) is 2.86. The summed E-state index contributed by atoms with van der Waals surface area (Å²) in [6, 6.07) is 5.61. The van der Waals surface area contributed by atoms with Crippen LogP contribution in [0, 0.1) is 5.92 Å². The highest BCUT2D eigenvalue weighted by Gasteiger charge is 2.17. The molecule has 0 spiro atoms. The third-order valence-corrected chi connectivity index (χ3v) is 3.95. The molecule has 1 heterocycles. The highest BCUT2D eigenvalue weighted by molar-refractivity contribution is 6.33. The van der Waals surface area contributed by atoms with E-state index in [9.17, 15) is 4.79 Å². The van der Waals surface area contributed by atoms with Crippen molar-refractivity contribution in [3.8, 4) is 0 Å². The maximum absolute atomic E-state index is 12.0. The van der Waals surface area contributed by atoms with Gasteiger partial charge in [0.25, 0.3) is 0 Å². The molecule has 1 aliphatic heterocycles. The van der Waals surface area contributed by atoms with Crippen LogP contribution in [0.25, 0.3) is 0 Å². The van der Waals surface area contributed by atoms with Crippen LogP contribution in [0.15, 0.2) is 18.2 Å². The Hall–Kier alpha value is -1.26. The van der Waals surface area contributed by atoms with E-state index in [1.165, 1.54) is 0 Å². The van der Waals surface area contributed by atoms with Crippen LogP contribution >= 0.6 is 11.6 Å². The smallest absolute Gasteiger partial charge is 0.224 e. The van der Waals surface area contributed by atoms with Gasteiger partial charge in [-0.1, -0.05) is 11.6 Å². The molecule has 2 N–H and O–H groups in total. The van der Waals surface area contributed by atoms with Crippen LogP contribution in [0.1, 0.15) is 19.3 Å². The molecule has 1 aromatic rings. The lowest BCUT2D eigenvalue weighted by Crippen LogP contribution is -2.30. The quantitative estimate of drug-likeness (QED) is 0.898. The first-order valence-electron chi connectivity index (χ1n) is 7.03. The molecule has 1 saturated heterocycles. The van der Waals surface area contributed by atoms with Crippen molar-refractivity contribution >= 4 is 28.9 Å². The van der Waals surface area contributed by atoms with E-state index in [2.05, 4.69) is 10.6 Å². The maximum atomic E-state index is 12.0. The monoisotopic (exact) mass is 295 g/mol. The minimum atomic E-state index is 0.0746. The van der Waals surface area contributed by atoms with Crippen molar-refractivity contribution in [2.75, 3.05) is 37.4 Å². The summed E-state index contributed by atoms with van der Waals surface area (Å²) in [6.45, 7) is 2.03. The van der Waals surface area contributed by atoms with Crippen LogP contribution in [0.2, 0.25) is 5.02 Å². The van der Waals surface area contributed by atoms with Gasteiger partial charge in [-0.3, -0.25) is 4.79 Å². The van der Waals surface area contributed by atoms with Crippen molar-refractivity contribution in [1.29, 1.82) is 0 Å². The van der Waals surface area contributed by atoms with E-state index in [1.54, 1.807) is 6.07 Å². The van der Waals surface area contributed by atoms with Crippen molar-refractivity contribution in [2.45, 2.75) is 19.3 Å². The zero-order chi connectivity index (χ0) is 14.5. The van der Waals surface area contributed by atoms with E-state index >= 15 is 0 Å². The molecule has 5 heteroatoms. The number of anilines is 2. The molecular weight excluding hydrogens is 274 g/mol. The van der Waals surface area contributed by atoms with Gasteiger partial charge in [-0.15, -0.1) is 0 Å². The molecule has 0 aromatic heterocycles. The Morgan fingerprint density at radius 1 is 1.40 bits per heavy atom. The van der Waals surface area contributed by atoms with Crippen LogP contribution in [-0.4, -0.2) is 33.1 Å². The topological polar surface area (TPSA) is 44.4 Å². The summed E-state index contributed by atoms with van der Waals surface area (Å²) in [5.41, 5.74) is 1.71. The molecule has 0 aliphatic carbocycles. The molecule has 20 heavy (non-hydrogen) atoms. The molecular formula is C15H22ClN3O. The molecule has 1 aromatic carbocycles. The normalized spacial score (nSPS) is 15.9. The second-order valence-electron chi connectivity index (χ2n) is 5.51. The molecule has 1 aliphatic rings. The van der Waals surface area contributed by atoms with E-state index < -0.39 is 0 Å². The lowest BCUT2D eigenvalue weighted by Gasteiger charge is -2.22. The standard InChI is InChI=1S/C15H22ClN3O/c1-19(2)14-4-3-12(10-13(14)16)18-15(20)9-11-5-7-17-8-6-11/h3-4,10-11,17H,5-9H2,1-2H3,(H,18,20). The van der Waals surface area contributed by atoms with Crippen LogP contribution in [0.3, 0.4) is 0 Å². The average molecular weight is 296 g/mol. The van der Waals surface area contributed by atoms with Gasteiger partial charge in [-0.25, -0.2) is 0 Å². The number of amides is 1.